The summed E-state index contributed by atoms with van der Waals surface area (Å²) in [6.07, 6.45) is 0. The van der Waals surface area contributed by atoms with E-state index in [0.29, 0.717) is 16.3 Å². The second-order valence-corrected chi connectivity index (χ2v) is 6.75. The van der Waals surface area contributed by atoms with Crippen LogP contribution in [0.3, 0.4) is 0 Å². The fourth-order valence-corrected chi connectivity index (χ4v) is 2.72. The number of rotatable bonds is 6. The molecule has 6 nitrogen and oxygen atoms in total. The van der Waals surface area contributed by atoms with E-state index in [1.807, 2.05) is 25.3 Å². The van der Waals surface area contributed by atoms with Gasteiger partial charge in [0.05, 0.1) is 4.88 Å². The highest BCUT2D eigenvalue weighted by atomic mass is 32.1. The topological polar surface area (TPSA) is 84.5 Å². The van der Waals surface area contributed by atoms with E-state index in [0.717, 1.165) is 0 Å². The van der Waals surface area contributed by atoms with E-state index in [1.54, 1.807) is 30.3 Å². The number of carbonyl (C=O) groups excluding carboxylic acids is 3. The van der Waals surface area contributed by atoms with Crippen LogP contribution in [0.15, 0.2) is 41.8 Å². The van der Waals surface area contributed by atoms with Crippen LogP contribution in [0.25, 0.3) is 0 Å². The number of carbonyl (C=O) groups is 3. The van der Waals surface area contributed by atoms with Gasteiger partial charge in [-0.2, -0.15) is 0 Å². The molecule has 2 N–H and O–H groups in total. The molecule has 2 aromatic rings. The van der Waals surface area contributed by atoms with Crippen LogP contribution in [0.1, 0.15) is 30.4 Å². The van der Waals surface area contributed by atoms with Gasteiger partial charge in [0.1, 0.15) is 11.8 Å². The fourth-order valence-electron chi connectivity index (χ4n) is 2.10. The molecule has 7 heteroatoms. The van der Waals surface area contributed by atoms with Crippen LogP contribution in [-0.4, -0.2) is 23.8 Å². The van der Waals surface area contributed by atoms with Crippen molar-refractivity contribution < 1.29 is 19.1 Å². The zero-order chi connectivity index (χ0) is 18.4. The third kappa shape index (κ3) is 5.42. The predicted molar refractivity (Wildman–Crippen MR) is 96.8 cm³/mol. The first kappa shape index (κ1) is 18.7. The van der Waals surface area contributed by atoms with Gasteiger partial charge in [0, 0.05) is 12.6 Å². The molecular formula is C18H20N2O4S. The Balaban J connectivity index is 1.98. The minimum atomic E-state index is -0.712. The lowest BCUT2D eigenvalue weighted by Crippen LogP contribution is -2.45. The summed E-state index contributed by atoms with van der Waals surface area (Å²) in [7, 11) is 0. The van der Waals surface area contributed by atoms with Gasteiger partial charge >= 0.3 is 5.97 Å². The first-order chi connectivity index (χ1) is 11.9. The number of hydrogen-bond acceptors (Lipinski definition) is 5. The van der Waals surface area contributed by atoms with E-state index in [9.17, 15) is 14.4 Å². The van der Waals surface area contributed by atoms with Crippen LogP contribution in [0.5, 0.6) is 5.75 Å². The average molecular weight is 360 g/mol. The van der Waals surface area contributed by atoms with Gasteiger partial charge in [0.15, 0.2) is 0 Å². The van der Waals surface area contributed by atoms with Crippen molar-refractivity contribution in [3.05, 3.63) is 46.7 Å². The Kier molecular flexibility index (Phi) is 6.30. The molecule has 0 saturated heterocycles. The molecule has 0 saturated carbocycles. The lowest BCUT2D eigenvalue weighted by molar-refractivity contribution is -0.140. The molecule has 0 aliphatic heterocycles. The van der Waals surface area contributed by atoms with E-state index >= 15 is 0 Å². The van der Waals surface area contributed by atoms with Crippen LogP contribution in [0, 0.1) is 5.92 Å². The smallest absolute Gasteiger partial charge is 0.334 e. The van der Waals surface area contributed by atoms with Gasteiger partial charge in [-0.25, -0.2) is 4.79 Å². The quantitative estimate of drug-likeness (QED) is 0.612. The number of hydrogen-bond donors (Lipinski definition) is 2. The number of nitrogens with one attached hydrogen (secondary N) is 2. The standard InChI is InChI=1S/C18H20N2O4S/c1-11(2)16(19-12(3)21)18(23)24-14-8-6-13(7-9-14)20-17(22)15-5-4-10-25-15/h4-11,16H,1-3H3,(H,19,21)(H,20,22)/t16-/m1/s1. The van der Waals surface area contributed by atoms with Crippen molar-refractivity contribution in [2.45, 2.75) is 26.8 Å². The zero-order valence-corrected chi connectivity index (χ0v) is 15.1. The molecule has 1 heterocycles. The molecule has 0 unspecified atom stereocenters. The summed E-state index contributed by atoms with van der Waals surface area (Å²) in [5, 5.41) is 7.18. The summed E-state index contributed by atoms with van der Waals surface area (Å²) in [6.45, 7) is 5.00. The van der Waals surface area contributed by atoms with E-state index < -0.39 is 12.0 Å². The third-order valence-corrected chi connectivity index (χ3v) is 4.22. The highest BCUT2D eigenvalue weighted by Gasteiger charge is 2.25. The summed E-state index contributed by atoms with van der Waals surface area (Å²) >= 11 is 1.36. The lowest BCUT2D eigenvalue weighted by atomic mass is 10.0. The van der Waals surface area contributed by atoms with Gasteiger partial charge in [-0.1, -0.05) is 19.9 Å². The van der Waals surface area contributed by atoms with Gasteiger partial charge in [-0.15, -0.1) is 11.3 Å². The van der Waals surface area contributed by atoms with Gasteiger partial charge in [0.25, 0.3) is 5.91 Å². The molecule has 25 heavy (non-hydrogen) atoms. The molecular weight excluding hydrogens is 340 g/mol. The molecule has 0 fully saturated rings. The molecule has 1 atom stereocenters. The summed E-state index contributed by atoms with van der Waals surface area (Å²) < 4.78 is 5.31. The van der Waals surface area contributed by atoms with Crippen LogP contribution in [-0.2, 0) is 9.59 Å². The van der Waals surface area contributed by atoms with Crippen LogP contribution in [0.2, 0.25) is 0 Å². The number of amides is 2. The maximum Gasteiger partial charge on any atom is 0.334 e. The molecule has 1 aromatic heterocycles. The van der Waals surface area contributed by atoms with E-state index in [-0.39, 0.29) is 17.7 Å². The fraction of sp³-hybridized carbons (Fsp3) is 0.278. The number of benzene rings is 1. The zero-order valence-electron chi connectivity index (χ0n) is 14.2. The molecule has 0 spiro atoms. The Hall–Kier alpha value is -2.67. The van der Waals surface area contributed by atoms with Crippen LogP contribution in [0.4, 0.5) is 5.69 Å². The van der Waals surface area contributed by atoms with Crippen LogP contribution >= 0.6 is 11.3 Å². The first-order valence-corrected chi connectivity index (χ1v) is 8.68. The maximum absolute atomic E-state index is 12.2. The Bertz CT molecular complexity index is 739. The first-order valence-electron chi connectivity index (χ1n) is 7.80. The van der Waals surface area contributed by atoms with Crippen LogP contribution < -0.4 is 15.4 Å². The molecule has 0 aliphatic carbocycles. The van der Waals surface area contributed by atoms with E-state index in [4.69, 9.17) is 4.74 Å². The summed E-state index contributed by atoms with van der Waals surface area (Å²) in [5.74, 6) is -0.760. The molecule has 132 valence electrons. The normalized spacial score (nSPS) is 11.7. The molecule has 2 rings (SSSR count). The third-order valence-electron chi connectivity index (χ3n) is 3.35. The highest BCUT2D eigenvalue weighted by Crippen LogP contribution is 2.19. The SMILES string of the molecule is CC(=O)N[C@@H](C(=O)Oc1ccc(NC(=O)c2cccs2)cc1)C(C)C. The molecule has 0 radical (unpaired) electrons. The number of thiophene rings is 1. The van der Waals surface area contributed by atoms with Crippen molar-refractivity contribution >= 4 is 34.8 Å². The number of esters is 1. The minimum Gasteiger partial charge on any atom is -0.425 e. The largest absolute Gasteiger partial charge is 0.425 e. The summed E-state index contributed by atoms with van der Waals surface area (Å²) in [6, 6.07) is 9.32. The summed E-state index contributed by atoms with van der Waals surface area (Å²) in [5.41, 5.74) is 0.598. The number of ether oxygens (including phenoxy) is 1. The lowest BCUT2D eigenvalue weighted by Gasteiger charge is -2.19. The second-order valence-electron chi connectivity index (χ2n) is 5.80. The Morgan fingerprint density at radius 1 is 1.08 bits per heavy atom. The molecule has 1 aromatic carbocycles. The second kappa shape index (κ2) is 8.43. The van der Waals surface area contributed by atoms with E-state index in [1.165, 1.54) is 18.3 Å². The van der Waals surface area contributed by atoms with Crippen molar-refractivity contribution in [3.63, 3.8) is 0 Å². The van der Waals surface area contributed by atoms with Crippen molar-refractivity contribution in [2.75, 3.05) is 5.32 Å². The van der Waals surface area contributed by atoms with Gasteiger partial charge < -0.3 is 15.4 Å². The van der Waals surface area contributed by atoms with Crippen molar-refractivity contribution in [1.29, 1.82) is 0 Å². The Morgan fingerprint density at radius 2 is 1.76 bits per heavy atom. The maximum atomic E-state index is 12.2. The van der Waals surface area contributed by atoms with Gasteiger partial charge in [0.2, 0.25) is 5.91 Å². The summed E-state index contributed by atoms with van der Waals surface area (Å²) in [4.78, 5) is 36.0. The molecule has 0 bridgehead atoms. The Morgan fingerprint density at radius 3 is 2.28 bits per heavy atom. The Labute approximate surface area is 150 Å². The van der Waals surface area contributed by atoms with Gasteiger partial charge in [-0.05, 0) is 41.6 Å². The van der Waals surface area contributed by atoms with Crippen molar-refractivity contribution in [1.82, 2.24) is 5.32 Å². The molecule has 0 aliphatic rings. The average Bonchev–Trinajstić information content (AvgIpc) is 3.08. The van der Waals surface area contributed by atoms with E-state index in [2.05, 4.69) is 10.6 Å². The van der Waals surface area contributed by atoms with Gasteiger partial charge in [-0.3, -0.25) is 9.59 Å². The highest BCUT2D eigenvalue weighted by molar-refractivity contribution is 7.12. The van der Waals surface area contributed by atoms with Crippen molar-refractivity contribution in [2.24, 2.45) is 5.92 Å². The molecule has 2 amide bonds. The monoisotopic (exact) mass is 360 g/mol. The number of anilines is 1. The van der Waals surface area contributed by atoms with Crippen molar-refractivity contribution in [3.8, 4) is 5.75 Å². The minimum absolute atomic E-state index is 0.0965. The predicted octanol–water partition coefficient (Wildman–Crippen LogP) is 3.07.